The number of nitrogens with zero attached hydrogens (tertiary/aromatic N) is 2. The Bertz CT molecular complexity index is 706. The van der Waals surface area contributed by atoms with Crippen LogP contribution in [-0.4, -0.2) is 54.4 Å². The molecule has 1 aromatic rings. The quantitative estimate of drug-likeness (QED) is 0.691. The summed E-state index contributed by atoms with van der Waals surface area (Å²) in [6, 6.07) is 7.55. The first-order chi connectivity index (χ1) is 14.7. The van der Waals surface area contributed by atoms with E-state index in [0.717, 1.165) is 69.6 Å². The zero-order chi connectivity index (χ0) is 20.8. The molecule has 2 saturated heterocycles. The van der Waals surface area contributed by atoms with E-state index in [1.807, 2.05) is 29.2 Å². The molecule has 0 spiro atoms. The monoisotopic (exact) mass is 412 g/mol. The molecule has 0 radical (unpaired) electrons. The highest BCUT2D eigenvalue weighted by Crippen LogP contribution is 2.28. The minimum Gasteiger partial charge on any atom is -0.493 e. The predicted octanol–water partition coefficient (Wildman–Crippen LogP) is 4.51. The van der Waals surface area contributed by atoms with Gasteiger partial charge < -0.3 is 14.5 Å². The summed E-state index contributed by atoms with van der Waals surface area (Å²) in [6.07, 6.45) is 11.5. The summed E-state index contributed by atoms with van der Waals surface area (Å²) in [5.74, 6) is 2.26. The molecule has 0 N–H and O–H groups in total. The highest BCUT2D eigenvalue weighted by atomic mass is 16.5. The van der Waals surface area contributed by atoms with Crippen LogP contribution in [0.4, 0.5) is 0 Å². The third-order valence-corrected chi connectivity index (χ3v) is 7.04. The molecule has 1 aliphatic carbocycles. The van der Waals surface area contributed by atoms with E-state index in [9.17, 15) is 9.59 Å². The lowest BCUT2D eigenvalue weighted by molar-refractivity contribution is -0.134. The SMILES string of the molecule is O=C(CC1CCCCC1)N1CCCC(COc2ccc(C(=O)N3CCCC3)cc2)C1. The van der Waals surface area contributed by atoms with Crippen LogP contribution in [0.5, 0.6) is 5.75 Å². The summed E-state index contributed by atoms with van der Waals surface area (Å²) in [4.78, 5) is 29.2. The molecule has 1 unspecified atom stereocenters. The van der Waals surface area contributed by atoms with E-state index in [2.05, 4.69) is 4.90 Å². The number of hydrogen-bond donors (Lipinski definition) is 0. The van der Waals surface area contributed by atoms with Crippen molar-refractivity contribution in [3.05, 3.63) is 29.8 Å². The maximum atomic E-state index is 12.7. The second kappa shape index (κ2) is 10.3. The molecule has 0 bridgehead atoms. The van der Waals surface area contributed by atoms with Gasteiger partial charge in [0, 0.05) is 44.1 Å². The van der Waals surface area contributed by atoms with Crippen LogP contribution >= 0.6 is 0 Å². The lowest BCUT2D eigenvalue weighted by Gasteiger charge is -2.34. The molecule has 1 aromatic carbocycles. The van der Waals surface area contributed by atoms with Crippen molar-refractivity contribution in [1.29, 1.82) is 0 Å². The first kappa shape index (κ1) is 21.2. The molecule has 0 aromatic heterocycles. The van der Waals surface area contributed by atoms with Gasteiger partial charge in [0.15, 0.2) is 0 Å². The van der Waals surface area contributed by atoms with Gasteiger partial charge in [-0.3, -0.25) is 9.59 Å². The topological polar surface area (TPSA) is 49.9 Å². The third-order valence-electron chi connectivity index (χ3n) is 7.04. The number of rotatable bonds is 6. The molecule has 5 nitrogen and oxygen atoms in total. The Balaban J connectivity index is 1.23. The average molecular weight is 413 g/mol. The molecule has 2 heterocycles. The molecular weight excluding hydrogens is 376 g/mol. The van der Waals surface area contributed by atoms with Crippen molar-refractivity contribution in [3.63, 3.8) is 0 Å². The van der Waals surface area contributed by atoms with Gasteiger partial charge in [-0.1, -0.05) is 19.3 Å². The molecule has 1 saturated carbocycles. The van der Waals surface area contributed by atoms with Gasteiger partial charge >= 0.3 is 0 Å². The van der Waals surface area contributed by atoms with E-state index in [-0.39, 0.29) is 5.91 Å². The predicted molar refractivity (Wildman–Crippen MR) is 118 cm³/mol. The molecule has 1 atom stereocenters. The van der Waals surface area contributed by atoms with Crippen molar-refractivity contribution >= 4 is 11.8 Å². The zero-order valence-corrected chi connectivity index (χ0v) is 18.2. The number of carbonyl (C=O) groups is 2. The van der Waals surface area contributed by atoms with Crippen LogP contribution in [0, 0.1) is 11.8 Å². The number of ether oxygens (including phenoxy) is 1. The fourth-order valence-electron chi connectivity index (χ4n) is 5.21. The molecule has 164 valence electrons. The van der Waals surface area contributed by atoms with Crippen molar-refractivity contribution in [2.75, 3.05) is 32.8 Å². The van der Waals surface area contributed by atoms with Gasteiger partial charge in [-0.2, -0.15) is 0 Å². The Hall–Kier alpha value is -2.04. The van der Waals surface area contributed by atoms with E-state index < -0.39 is 0 Å². The molecule has 4 rings (SSSR count). The summed E-state index contributed by atoms with van der Waals surface area (Å²) in [6.45, 7) is 4.09. The normalized spacial score (nSPS) is 22.9. The van der Waals surface area contributed by atoms with E-state index in [1.165, 1.54) is 32.1 Å². The molecule has 3 fully saturated rings. The van der Waals surface area contributed by atoms with Crippen LogP contribution in [0.1, 0.15) is 74.6 Å². The second-order valence-electron chi connectivity index (χ2n) is 9.39. The average Bonchev–Trinajstić information content (AvgIpc) is 3.33. The van der Waals surface area contributed by atoms with Crippen LogP contribution in [0.25, 0.3) is 0 Å². The highest BCUT2D eigenvalue weighted by molar-refractivity contribution is 5.94. The Morgan fingerprint density at radius 3 is 2.20 bits per heavy atom. The maximum absolute atomic E-state index is 12.7. The number of piperidine rings is 1. The lowest BCUT2D eigenvalue weighted by Crippen LogP contribution is -2.42. The smallest absolute Gasteiger partial charge is 0.253 e. The van der Waals surface area contributed by atoms with Crippen molar-refractivity contribution in [1.82, 2.24) is 9.80 Å². The summed E-state index contributed by atoms with van der Waals surface area (Å²) >= 11 is 0. The Morgan fingerprint density at radius 1 is 0.800 bits per heavy atom. The number of likely N-dealkylation sites (tertiary alicyclic amines) is 2. The third kappa shape index (κ3) is 5.55. The second-order valence-corrected chi connectivity index (χ2v) is 9.39. The van der Waals surface area contributed by atoms with Gasteiger partial charge in [0.25, 0.3) is 5.91 Å². The van der Waals surface area contributed by atoms with Gasteiger partial charge in [0.2, 0.25) is 5.91 Å². The number of hydrogen-bond acceptors (Lipinski definition) is 3. The summed E-state index contributed by atoms with van der Waals surface area (Å²) in [7, 11) is 0. The molecule has 3 aliphatic rings. The highest BCUT2D eigenvalue weighted by Gasteiger charge is 2.26. The van der Waals surface area contributed by atoms with Crippen LogP contribution in [-0.2, 0) is 4.79 Å². The van der Waals surface area contributed by atoms with Crippen molar-refractivity contribution in [2.45, 2.75) is 64.2 Å². The molecule has 30 heavy (non-hydrogen) atoms. The summed E-state index contributed by atoms with van der Waals surface area (Å²) < 4.78 is 6.02. The Morgan fingerprint density at radius 2 is 1.47 bits per heavy atom. The van der Waals surface area contributed by atoms with Gasteiger partial charge in [-0.25, -0.2) is 0 Å². The van der Waals surface area contributed by atoms with E-state index in [4.69, 9.17) is 4.74 Å². The largest absolute Gasteiger partial charge is 0.493 e. The van der Waals surface area contributed by atoms with E-state index >= 15 is 0 Å². The maximum Gasteiger partial charge on any atom is 0.253 e. The van der Waals surface area contributed by atoms with Gasteiger partial charge in [0.05, 0.1) is 6.61 Å². The number of amides is 2. The van der Waals surface area contributed by atoms with Gasteiger partial charge in [-0.05, 0) is 68.7 Å². The van der Waals surface area contributed by atoms with Gasteiger partial charge in [0.1, 0.15) is 5.75 Å². The van der Waals surface area contributed by atoms with Crippen molar-refractivity contribution in [3.8, 4) is 5.75 Å². The Kier molecular flexibility index (Phi) is 7.29. The minimum atomic E-state index is 0.124. The van der Waals surface area contributed by atoms with Crippen LogP contribution in [0.15, 0.2) is 24.3 Å². The zero-order valence-electron chi connectivity index (χ0n) is 18.2. The standard InChI is InChI=1S/C25H36N2O3/c28-24(17-20-7-2-1-3-8-20)27-16-6-9-21(18-27)19-30-23-12-10-22(11-13-23)25(29)26-14-4-5-15-26/h10-13,20-21H,1-9,14-19H2. The van der Waals surface area contributed by atoms with Gasteiger partial charge in [-0.15, -0.1) is 0 Å². The number of benzene rings is 1. The fourth-order valence-corrected chi connectivity index (χ4v) is 5.21. The van der Waals surface area contributed by atoms with Crippen molar-refractivity contribution < 1.29 is 14.3 Å². The first-order valence-electron chi connectivity index (χ1n) is 12.0. The Labute approximate surface area is 180 Å². The molecule has 2 aliphatic heterocycles. The minimum absolute atomic E-state index is 0.124. The number of carbonyl (C=O) groups excluding carboxylic acids is 2. The first-order valence-corrected chi connectivity index (χ1v) is 12.0. The molecular formula is C25H36N2O3. The van der Waals surface area contributed by atoms with Crippen molar-refractivity contribution in [2.24, 2.45) is 11.8 Å². The fraction of sp³-hybridized carbons (Fsp3) is 0.680. The molecule has 5 heteroatoms. The molecule has 2 amide bonds. The summed E-state index contributed by atoms with van der Waals surface area (Å²) in [5.41, 5.74) is 0.737. The van der Waals surface area contributed by atoms with E-state index in [1.54, 1.807) is 0 Å². The van der Waals surface area contributed by atoms with Crippen LogP contribution in [0.3, 0.4) is 0 Å². The summed E-state index contributed by atoms with van der Waals surface area (Å²) in [5, 5.41) is 0. The van der Waals surface area contributed by atoms with Crippen LogP contribution < -0.4 is 4.74 Å². The van der Waals surface area contributed by atoms with Crippen LogP contribution in [0.2, 0.25) is 0 Å². The van der Waals surface area contributed by atoms with E-state index in [0.29, 0.717) is 24.3 Å². The lowest BCUT2D eigenvalue weighted by atomic mass is 9.86.